The third-order valence-electron chi connectivity index (χ3n) is 3.77. The first kappa shape index (κ1) is 9.69. The Bertz CT molecular complexity index is 272. The SMILES string of the molecule is CCC1CCCCC12CC(=O)OC2=O. The minimum atomic E-state index is -0.440. The first-order valence-electron chi connectivity index (χ1n) is 5.44. The third-order valence-corrected chi connectivity index (χ3v) is 3.77. The molecule has 1 spiro atoms. The molecular weight excluding hydrogens is 180 g/mol. The molecule has 3 nitrogen and oxygen atoms in total. The van der Waals surface area contributed by atoms with Gasteiger partial charge in [-0.15, -0.1) is 0 Å². The number of cyclic esters (lactones) is 2. The molecular formula is C11H16O3. The van der Waals surface area contributed by atoms with Gasteiger partial charge in [-0.3, -0.25) is 9.59 Å². The van der Waals surface area contributed by atoms with Crippen molar-refractivity contribution in [2.75, 3.05) is 0 Å². The van der Waals surface area contributed by atoms with Gasteiger partial charge in [0.1, 0.15) is 0 Å². The zero-order valence-corrected chi connectivity index (χ0v) is 8.54. The molecule has 0 N–H and O–H groups in total. The Hall–Kier alpha value is -0.860. The minimum Gasteiger partial charge on any atom is -0.393 e. The fraction of sp³-hybridized carbons (Fsp3) is 0.818. The van der Waals surface area contributed by atoms with Crippen molar-refractivity contribution < 1.29 is 14.3 Å². The van der Waals surface area contributed by atoms with Crippen molar-refractivity contribution in [1.29, 1.82) is 0 Å². The monoisotopic (exact) mass is 196 g/mol. The summed E-state index contributed by atoms with van der Waals surface area (Å²) in [6.07, 6.45) is 5.45. The normalized spacial score (nSPS) is 37.6. The van der Waals surface area contributed by atoms with Crippen LogP contribution >= 0.6 is 0 Å². The van der Waals surface area contributed by atoms with E-state index in [-0.39, 0.29) is 11.9 Å². The lowest BCUT2D eigenvalue weighted by atomic mass is 9.64. The van der Waals surface area contributed by atoms with E-state index in [9.17, 15) is 9.59 Å². The van der Waals surface area contributed by atoms with E-state index in [0.717, 1.165) is 25.7 Å². The summed E-state index contributed by atoms with van der Waals surface area (Å²) in [7, 11) is 0. The predicted molar refractivity (Wildman–Crippen MR) is 50.4 cm³/mol. The average molecular weight is 196 g/mol. The van der Waals surface area contributed by atoms with E-state index >= 15 is 0 Å². The molecule has 1 heterocycles. The van der Waals surface area contributed by atoms with Crippen LogP contribution in [0, 0.1) is 11.3 Å². The number of rotatable bonds is 1. The number of hydrogen-bond acceptors (Lipinski definition) is 3. The second-order valence-electron chi connectivity index (χ2n) is 4.45. The van der Waals surface area contributed by atoms with Gasteiger partial charge in [0.25, 0.3) is 0 Å². The predicted octanol–water partition coefficient (Wildman–Crippen LogP) is 2.05. The molecule has 0 radical (unpaired) electrons. The molecule has 0 aromatic carbocycles. The number of hydrogen-bond donors (Lipinski definition) is 0. The van der Waals surface area contributed by atoms with E-state index in [1.54, 1.807) is 0 Å². The Balaban J connectivity index is 2.26. The van der Waals surface area contributed by atoms with E-state index in [2.05, 4.69) is 6.92 Å². The maximum absolute atomic E-state index is 11.7. The summed E-state index contributed by atoms with van der Waals surface area (Å²) in [5.74, 6) is -0.223. The number of carbonyl (C=O) groups is 2. The van der Waals surface area contributed by atoms with E-state index in [1.165, 1.54) is 6.42 Å². The Kier molecular flexibility index (Phi) is 2.33. The van der Waals surface area contributed by atoms with Gasteiger partial charge in [0.05, 0.1) is 11.8 Å². The topological polar surface area (TPSA) is 43.4 Å². The number of carbonyl (C=O) groups excluding carboxylic acids is 2. The molecule has 2 rings (SSSR count). The summed E-state index contributed by atoms with van der Waals surface area (Å²) in [5.41, 5.74) is -0.440. The molecule has 2 aliphatic rings. The molecule has 78 valence electrons. The highest BCUT2D eigenvalue weighted by molar-refractivity contribution is 5.97. The molecule has 1 saturated heterocycles. The van der Waals surface area contributed by atoms with Gasteiger partial charge in [0.2, 0.25) is 0 Å². The summed E-state index contributed by atoms with van der Waals surface area (Å²) in [6.45, 7) is 2.09. The van der Waals surface area contributed by atoms with Gasteiger partial charge in [-0.2, -0.15) is 0 Å². The first-order valence-corrected chi connectivity index (χ1v) is 5.44. The highest BCUT2D eigenvalue weighted by Crippen LogP contribution is 2.49. The zero-order chi connectivity index (χ0) is 10.2. The van der Waals surface area contributed by atoms with Crippen molar-refractivity contribution in [2.24, 2.45) is 11.3 Å². The fourth-order valence-corrected chi connectivity index (χ4v) is 2.98. The maximum atomic E-state index is 11.7. The lowest BCUT2D eigenvalue weighted by Gasteiger charge is -2.36. The molecule has 1 aliphatic carbocycles. The van der Waals surface area contributed by atoms with Crippen molar-refractivity contribution in [3.63, 3.8) is 0 Å². The van der Waals surface area contributed by atoms with E-state index < -0.39 is 5.41 Å². The zero-order valence-electron chi connectivity index (χ0n) is 8.54. The Morgan fingerprint density at radius 3 is 2.79 bits per heavy atom. The largest absolute Gasteiger partial charge is 0.393 e. The quantitative estimate of drug-likeness (QED) is 0.476. The summed E-state index contributed by atoms with van der Waals surface area (Å²) in [6, 6.07) is 0. The highest BCUT2D eigenvalue weighted by Gasteiger charge is 2.54. The molecule has 1 saturated carbocycles. The molecule has 2 atom stereocenters. The first-order chi connectivity index (χ1) is 6.69. The van der Waals surface area contributed by atoms with E-state index in [4.69, 9.17) is 4.74 Å². The maximum Gasteiger partial charge on any atom is 0.320 e. The van der Waals surface area contributed by atoms with Crippen LogP contribution in [0.5, 0.6) is 0 Å². The van der Waals surface area contributed by atoms with Crippen molar-refractivity contribution in [3.8, 4) is 0 Å². The second-order valence-corrected chi connectivity index (χ2v) is 4.45. The highest BCUT2D eigenvalue weighted by atomic mass is 16.6. The fourth-order valence-electron chi connectivity index (χ4n) is 2.98. The molecule has 0 amide bonds. The summed E-state index contributed by atoms with van der Waals surface area (Å²) in [5, 5.41) is 0. The minimum absolute atomic E-state index is 0.256. The molecule has 2 unspecified atom stereocenters. The van der Waals surface area contributed by atoms with Gasteiger partial charge >= 0.3 is 11.9 Å². The van der Waals surface area contributed by atoms with Gasteiger partial charge in [-0.25, -0.2) is 0 Å². The van der Waals surface area contributed by atoms with Gasteiger partial charge in [0.15, 0.2) is 0 Å². The molecule has 0 bridgehead atoms. The van der Waals surface area contributed by atoms with Gasteiger partial charge in [0, 0.05) is 0 Å². The third kappa shape index (κ3) is 1.26. The van der Waals surface area contributed by atoms with Crippen LogP contribution in [0.4, 0.5) is 0 Å². The Labute approximate surface area is 83.8 Å². The lowest BCUT2D eigenvalue weighted by molar-refractivity contribution is -0.157. The molecule has 14 heavy (non-hydrogen) atoms. The van der Waals surface area contributed by atoms with Crippen LogP contribution in [0.15, 0.2) is 0 Å². The van der Waals surface area contributed by atoms with Gasteiger partial charge in [-0.05, 0) is 18.8 Å². The Morgan fingerprint density at radius 1 is 1.43 bits per heavy atom. The van der Waals surface area contributed by atoms with Crippen LogP contribution in [0.2, 0.25) is 0 Å². The van der Waals surface area contributed by atoms with Crippen LogP contribution < -0.4 is 0 Å². The van der Waals surface area contributed by atoms with E-state index in [1.807, 2.05) is 0 Å². The lowest BCUT2D eigenvalue weighted by Crippen LogP contribution is -2.37. The van der Waals surface area contributed by atoms with Crippen LogP contribution in [0.1, 0.15) is 45.4 Å². The number of esters is 2. The molecule has 1 aliphatic heterocycles. The van der Waals surface area contributed by atoms with Crippen molar-refractivity contribution in [2.45, 2.75) is 45.4 Å². The van der Waals surface area contributed by atoms with Crippen molar-refractivity contribution >= 4 is 11.9 Å². The summed E-state index contributed by atoms with van der Waals surface area (Å²) < 4.78 is 4.71. The van der Waals surface area contributed by atoms with Gasteiger partial charge in [-0.1, -0.05) is 26.2 Å². The van der Waals surface area contributed by atoms with Crippen molar-refractivity contribution in [1.82, 2.24) is 0 Å². The standard InChI is InChI=1S/C11H16O3/c1-2-8-5-3-4-6-11(8)7-9(12)14-10(11)13/h8H,2-7H2,1H3. The molecule has 2 fully saturated rings. The molecule has 3 heteroatoms. The van der Waals surface area contributed by atoms with Crippen LogP contribution in [0.25, 0.3) is 0 Å². The van der Waals surface area contributed by atoms with E-state index in [0.29, 0.717) is 12.3 Å². The Morgan fingerprint density at radius 2 is 2.21 bits per heavy atom. The summed E-state index contributed by atoms with van der Waals surface area (Å²) in [4.78, 5) is 22.8. The summed E-state index contributed by atoms with van der Waals surface area (Å²) >= 11 is 0. The number of ether oxygens (including phenoxy) is 1. The van der Waals surface area contributed by atoms with Crippen LogP contribution in [0.3, 0.4) is 0 Å². The van der Waals surface area contributed by atoms with Crippen molar-refractivity contribution in [3.05, 3.63) is 0 Å². The second kappa shape index (κ2) is 3.37. The smallest absolute Gasteiger partial charge is 0.320 e. The molecule has 0 aromatic rings. The van der Waals surface area contributed by atoms with Crippen LogP contribution in [-0.4, -0.2) is 11.9 Å². The van der Waals surface area contributed by atoms with Crippen LogP contribution in [-0.2, 0) is 14.3 Å². The molecule has 0 aromatic heterocycles. The average Bonchev–Trinajstić information content (AvgIpc) is 2.43. The van der Waals surface area contributed by atoms with Gasteiger partial charge < -0.3 is 4.74 Å².